The fourth-order valence-corrected chi connectivity index (χ4v) is 5.70. The van der Waals surface area contributed by atoms with Gasteiger partial charge in [-0.15, -0.1) is 0 Å². The van der Waals surface area contributed by atoms with E-state index in [0.717, 1.165) is 43.5 Å². The Labute approximate surface area is 231 Å². The van der Waals surface area contributed by atoms with Gasteiger partial charge in [0.1, 0.15) is 11.6 Å². The second-order valence-corrected chi connectivity index (χ2v) is 10.6. The van der Waals surface area contributed by atoms with E-state index in [2.05, 4.69) is 25.7 Å². The van der Waals surface area contributed by atoms with Crippen LogP contribution in [0.3, 0.4) is 0 Å². The van der Waals surface area contributed by atoms with E-state index in [1.54, 1.807) is 12.3 Å². The first-order valence-electron chi connectivity index (χ1n) is 13.7. The second-order valence-electron chi connectivity index (χ2n) is 10.6. The van der Waals surface area contributed by atoms with Crippen LogP contribution >= 0.6 is 0 Å². The fourth-order valence-electron chi connectivity index (χ4n) is 5.70. The third kappa shape index (κ3) is 6.20. The van der Waals surface area contributed by atoms with Crippen molar-refractivity contribution in [3.05, 3.63) is 71.7 Å². The number of likely N-dealkylation sites (tertiary alicyclic amines) is 1. The van der Waals surface area contributed by atoms with Gasteiger partial charge in [0.25, 0.3) is 5.91 Å². The highest BCUT2D eigenvalue weighted by atomic mass is 19.1. The first-order chi connectivity index (χ1) is 19.3. The molecule has 1 saturated carbocycles. The molecule has 2 aliphatic rings. The third-order valence-corrected chi connectivity index (χ3v) is 7.89. The maximum Gasteiger partial charge on any atom is 0.273 e. The van der Waals surface area contributed by atoms with Gasteiger partial charge < -0.3 is 20.3 Å². The SMILES string of the molecule is C[C@H](NC(=O)[C@H]1CN([C@@H]2CCCC[C@H]2O)CC[C@@H]1NC(=O)c1cc(-c2ccc(F)cc2F)on1)c1ccccn1. The minimum absolute atomic E-state index is 0.0118. The number of nitrogens with one attached hydrogen (secondary N) is 2. The lowest BCUT2D eigenvalue weighted by Crippen LogP contribution is -2.59. The number of aromatic nitrogens is 2. The average molecular weight is 554 g/mol. The monoisotopic (exact) mass is 553 g/mol. The number of nitrogens with zero attached hydrogens (tertiary/aromatic N) is 3. The van der Waals surface area contributed by atoms with Crippen molar-refractivity contribution in [2.24, 2.45) is 5.92 Å². The number of pyridine rings is 1. The van der Waals surface area contributed by atoms with Crippen LogP contribution in [0.15, 0.2) is 53.2 Å². The van der Waals surface area contributed by atoms with Gasteiger partial charge >= 0.3 is 0 Å². The highest BCUT2D eigenvalue weighted by Crippen LogP contribution is 2.29. The first kappa shape index (κ1) is 27.9. The maximum absolute atomic E-state index is 14.2. The van der Waals surface area contributed by atoms with E-state index >= 15 is 0 Å². The van der Waals surface area contributed by atoms with E-state index in [0.29, 0.717) is 19.5 Å². The van der Waals surface area contributed by atoms with Crippen molar-refractivity contribution in [2.45, 2.75) is 63.3 Å². The van der Waals surface area contributed by atoms with E-state index in [4.69, 9.17) is 4.52 Å². The maximum atomic E-state index is 14.2. The summed E-state index contributed by atoms with van der Waals surface area (Å²) < 4.78 is 32.7. The van der Waals surface area contributed by atoms with Gasteiger partial charge in [-0.1, -0.05) is 24.1 Å². The summed E-state index contributed by atoms with van der Waals surface area (Å²) >= 11 is 0. The zero-order valence-corrected chi connectivity index (χ0v) is 22.2. The van der Waals surface area contributed by atoms with Crippen LogP contribution in [-0.2, 0) is 4.79 Å². The van der Waals surface area contributed by atoms with E-state index in [-0.39, 0.29) is 35.0 Å². The molecule has 1 aromatic carbocycles. The third-order valence-electron chi connectivity index (χ3n) is 7.89. The highest BCUT2D eigenvalue weighted by molar-refractivity contribution is 5.94. The number of aliphatic hydroxyl groups excluding tert-OH is 1. The lowest BCUT2D eigenvalue weighted by atomic mass is 9.85. The minimum atomic E-state index is -0.834. The van der Waals surface area contributed by atoms with Crippen molar-refractivity contribution in [1.82, 2.24) is 25.7 Å². The Bertz CT molecular complexity index is 1340. The molecule has 0 spiro atoms. The summed E-state index contributed by atoms with van der Waals surface area (Å²) in [6, 6.07) is 8.93. The van der Waals surface area contributed by atoms with Crippen molar-refractivity contribution in [2.75, 3.05) is 13.1 Å². The van der Waals surface area contributed by atoms with Gasteiger partial charge in [-0.25, -0.2) is 8.78 Å². The standard InChI is InChI=1S/C29H33F2N5O4/c1-17(22-6-4-5-12-32-22)33-28(38)20-16-36(25-7-2-3-8-26(25)37)13-11-23(20)34-29(39)24-15-27(40-35-24)19-10-9-18(30)14-21(19)31/h4-6,9-10,12,14-15,17,20,23,25-26,37H,2-3,7-8,11,13,16H2,1H3,(H,33,38)(H,34,39)/t17-,20-,23-,25+,26+/m0/s1. The van der Waals surface area contributed by atoms with Crippen LogP contribution in [0.1, 0.15) is 61.3 Å². The largest absolute Gasteiger partial charge is 0.391 e. The average Bonchev–Trinajstić information content (AvgIpc) is 3.44. The molecule has 5 atom stereocenters. The van der Waals surface area contributed by atoms with Crippen LogP contribution in [0, 0.1) is 17.6 Å². The Morgan fingerprint density at radius 2 is 1.95 bits per heavy atom. The molecule has 0 radical (unpaired) electrons. The summed E-state index contributed by atoms with van der Waals surface area (Å²) in [7, 11) is 0. The fraction of sp³-hybridized carbons (Fsp3) is 0.448. The number of carbonyl (C=O) groups excluding carboxylic acids is 2. The predicted molar refractivity (Wildman–Crippen MR) is 142 cm³/mol. The molecule has 3 N–H and O–H groups in total. The summed E-state index contributed by atoms with van der Waals surface area (Å²) in [5.41, 5.74) is 0.618. The Hall–Kier alpha value is -3.70. The van der Waals surface area contributed by atoms with Crippen LogP contribution in [0.5, 0.6) is 0 Å². The van der Waals surface area contributed by atoms with E-state index < -0.39 is 35.6 Å². The van der Waals surface area contributed by atoms with Gasteiger partial charge in [-0.3, -0.25) is 19.5 Å². The molecule has 3 aromatic rings. The number of piperidine rings is 1. The Kier molecular flexibility index (Phi) is 8.51. The molecule has 2 amide bonds. The molecule has 1 saturated heterocycles. The smallest absolute Gasteiger partial charge is 0.273 e. The van der Waals surface area contributed by atoms with Crippen LogP contribution in [0.4, 0.5) is 8.78 Å². The molecule has 2 aromatic heterocycles. The molecule has 212 valence electrons. The van der Waals surface area contributed by atoms with E-state index in [1.807, 2.05) is 19.1 Å². The Morgan fingerprint density at radius 3 is 2.70 bits per heavy atom. The number of hydrogen-bond donors (Lipinski definition) is 3. The molecule has 2 fully saturated rings. The molecule has 3 heterocycles. The number of halogens is 2. The molecule has 1 aliphatic heterocycles. The van der Waals surface area contributed by atoms with Crippen molar-refractivity contribution in [1.29, 1.82) is 0 Å². The lowest BCUT2D eigenvalue weighted by Gasteiger charge is -2.44. The van der Waals surface area contributed by atoms with Gasteiger partial charge in [0.2, 0.25) is 5.91 Å². The van der Waals surface area contributed by atoms with Gasteiger partial charge in [-0.05, 0) is 50.5 Å². The first-order valence-corrected chi connectivity index (χ1v) is 13.7. The number of hydrogen-bond acceptors (Lipinski definition) is 7. The van der Waals surface area contributed by atoms with Crippen LogP contribution in [0.2, 0.25) is 0 Å². The zero-order valence-electron chi connectivity index (χ0n) is 22.2. The van der Waals surface area contributed by atoms with E-state index in [1.165, 1.54) is 12.1 Å². The topological polar surface area (TPSA) is 121 Å². The Morgan fingerprint density at radius 1 is 1.12 bits per heavy atom. The molecular formula is C29H33F2N5O4. The summed E-state index contributed by atoms with van der Waals surface area (Å²) in [5.74, 6) is -2.97. The molecule has 0 bridgehead atoms. The quantitative estimate of drug-likeness (QED) is 0.409. The number of benzene rings is 1. The van der Waals surface area contributed by atoms with Crippen molar-refractivity contribution in [3.63, 3.8) is 0 Å². The molecule has 5 rings (SSSR count). The highest BCUT2D eigenvalue weighted by Gasteiger charge is 2.40. The molecule has 1 aliphatic carbocycles. The van der Waals surface area contributed by atoms with Crippen molar-refractivity contribution in [3.8, 4) is 11.3 Å². The number of amides is 2. The zero-order chi connectivity index (χ0) is 28.2. The lowest BCUT2D eigenvalue weighted by molar-refractivity contribution is -0.129. The van der Waals surface area contributed by atoms with Crippen LogP contribution in [0.25, 0.3) is 11.3 Å². The van der Waals surface area contributed by atoms with Gasteiger partial charge in [-0.2, -0.15) is 0 Å². The summed E-state index contributed by atoms with van der Waals surface area (Å²) in [5, 5.41) is 20.4. The molecule has 40 heavy (non-hydrogen) atoms. The number of rotatable bonds is 7. The van der Waals surface area contributed by atoms with Crippen molar-refractivity contribution < 1.29 is 28.0 Å². The van der Waals surface area contributed by atoms with Gasteiger partial charge in [0.15, 0.2) is 11.5 Å². The van der Waals surface area contributed by atoms with Gasteiger partial charge in [0, 0.05) is 43.5 Å². The molecule has 0 unspecified atom stereocenters. The van der Waals surface area contributed by atoms with Crippen LogP contribution < -0.4 is 10.6 Å². The summed E-state index contributed by atoms with van der Waals surface area (Å²) in [4.78, 5) is 33.2. The van der Waals surface area contributed by atoms with Gasteiger partial charge in [0.05, 0.1) is 29.3 Å². The number of aliphatic hydroxyl groups is 1. The summed E-state index contributed by atoms with van der Waals surface area (Å²) in [6.45, 7) is 2.83. The van der Waals surface area contributed by atoms with Crippen LogP contribution in [-0.4, -0.2) is 63.2 Å². The van der Waals surface area contributed by atoms with E-state index in [9.17, 15) is 23.5 Å². The molecule has 11 heteroatoms. The van der Waals surface area contributed by atoms with Crippen molar-refractivity contribution >= 4 is 11.8 Å². The number of carbonyl (C=O) groups is 2. The Balaban J connectivity index is 1.32. The molecule has 9 nitrogen and oxygen atoms in total. The normalized spacial score (nSPS) is 24.3. The molecular weight excluding hydrogens is 520 g/mol. The minimum Gasteiger partial charge on any atom is -0.391 e. The summed E-state index contributed by atoms with van der Waals surface area (Å²) in [6.07, 6.45) is 5.31. The second kappa shape index (κ2) is 12.2. The predicted octanol–water partition coefficient (Wildman–Crippen LogP) is 3.62.